The summed E-state index contributed by atoms with van der Waals surface area (Å²) in [5.74, 6) is 4.69. The van der Waals surface area contributed by atoms with E-state index < -0.39 is 0 Å². The van der Waals surface area contributed by atoms with Crippen molar-refractivity contribution in [2.24, 2.45) is 47.3 Å². The van der Waals surface area contributed by atoms with Gasteiger partial charge in [-0.3, -0.25) is 9.59 Å². The maximum atomic E-state index is 12.5. The Bertz CT molecular complexity index is 617. The first-order valence-corrected chi connectivity index (χ1v) is 15.1. The fraction of sp³-hybridized carbons (Fsp3) is 0.935. The number of esters is 2. The molecule has 2 fully saturated rings. The van der Waals surface area contributed by atoms with Crippen LogP contribution in [0.25, 0.3) is 0 Å². The van der Waals surface area contributed by atoms with E-state index in [-0.39, 0.29) is 24.3 Å². The van der Waals surface area contributed by atoms with Crippen molar-refractivity contribution >= 4 is 11.9 Å². The molecule has 2 aliphatic carbocycles. The van der Waals surface area contributed by atoms with Crippen molar-refractivity contribution in [3.8, 4) is 0 Å². The molecule has 0 aromatic carbocycles. The highest BCUT2D eigenvalue weighted by molar-refractivity contribution is 5.79. The highest BCUT2D eigenvalue weighted by Crippen LogP contribution is 2.45. The molecule has 204 valence electrons. The summed E-state index contributed by atoms with van der Waals surface area (Å²) in [5, 5.41) is 0. The van der Waals surface area contributed by atoms with Crippen LogP contribution in [0.5, 0.6) is 0 Å². The lowest BCUT2D eigenvalue weighted by molar-refractivity contribution is -0.155. The van der Waals surface area contributed by atoms with E-state index in [0.717, 1.165) is 36.0 Å². The van der Waals surface area contributed by atoms with Crippen LogP contribution in [0.1, 0.15) is 125 Å². The van der Waals surface area contributed by atoms with Crippen molar-refractivity contribution in [2.45, 2.75) is 125 Å². The summed E-state index contributed by atoms with van der Waals surface area (Å²) in [6.45, 7) is 13.9. The second-order valence-electron chi connectivity index (χ2n) is 12.1. The summed E-state index contributed by atoms with van der Waals surface area (Å²) < 4.78 is 10.4. The first-order valence-electron chi connectivity index (χ1n) is 15.1. The predicted octanol–water partition coefficient (Wildman–Crippen LogP) is 8.22. The van der Waals surface area contributed by atoms with Gasteiger partial charge in [-0.2, -0.15) is 0 Å². The van der Waals surface area contributed by atoms with E-state index in [4.69, 9.17) is 9.47 Å². The molecule has 0 heterocycles. The Morgan fingerprint density at radius 3 is 1.86 bits per heavy atom. The van der Waals surface area contributed by atoms with Gasteiger partial charge in [0.15, 0.2) is 0 Å². The molecule has 0 aliphatic heterocycles. The van der Waals surface area contributed by atoms with Crippen LogP contribution in [0.15, 0.2) is 0 Å². The second kappa shape index (κ2) is 15.9. The third-order valence-electron chi connectivity index (χ3n) is 9.41. The molecule has 0 spiro atoms. The molecule has 0 saturated heterocycles. The average molecular weight is 493 g/mol. The maximum absolute atomic E-state index is 12.5. The van der Waals surface area contributed by atoms with Crippen LogP contribution in [0.2, 0.25) is 0 Å². The van der Waals surface area contributed by atoms with E-state index in [9.17, 15) is 9.59 Å². The van der Waals surface area contributed by atoms with E-state index in [1.54, 1.807) is 0 Å². The zero-order valence-electron chi connectivity index (χ0n) is 23.9. The monoisotopic (exact) mass is 492 g/mol. The maximum Gasteiger partial charge on any atom is 0.309 e. The Morgan fingerprint density at radius 1 is 0.800 bits per heavy atom. The van der Waals surface area contributed by atoms with Crippen molar-refractivity contribution in [3.63, 3.8) is 0 Å². The van der Waals surface area contributed by atoms with Gasteiger partial charge < -0.3 is 9.47 Å². The van der Waals surface area contributed by atoms with Gasteiger partial charge in [0.25, 0.3) is 0 Å². The molecule has 0 aromatic heterocycles. The number of ether oxygens (including phenoxy) is 2. The molecule has 2 rings (SSSR count). The predicted molar refractivity (Wildman–Crippen MR) is 144 cm³/mol. The zero-order valence-corrected chi connectivity index (χ0v) is 23.9. The van der Waals surface area contributed by atoms with Crippen molar-refractivity contribution in [3.05, 3.63) is 0 Å². The second-order valence-corrected chi connectivity index (χ2v) is 12.1. The molecular formula is C31H56O4. The van der Waals surface area contributed by atoms with Gasteiger partial charge in [0.2, 0.25) is 0 Å². The van der Waals surface area contributed by atoms with Crippen molar-refractivity contribution in [2.75, 3.05) is 13.2 Å². The highest BCUT2D eigenvalue weighted by atomic mass is 16.5. The van der Waals surface area contributed by atoms with Crippen LogP contribution >= 0.6 is 0 Å². The lowest BCUT2D eigenvalue weighted by Crippen LogP contribution is -2.31. The Kier molecular flexibility index (Phi) is 13.7. The van der Waals surface area contributed by atoms with Crippen LogP contribution in [-0.4, -0.2) is 25.2 Å². The topological polar surface area (TPSA) is 52.6 Å². The Morgan fingerprint density at radius 2 is 1.37 bits per heavy atom. The molecule has 8 atom stereocenters. The molecular weight excluding hydrogens is 436 g/mol. The fourth-order valence-electron chi connectivity index (χ4n) is 7.38. The Hall–Kier alpha value is -1.06. The summed E-state index contributed by atoms with van der Waals surface area (Å²) in [4.78, 5) is 24.6. The normalized spacial score (nSPS) is 30.9. The summed E-state index contributed by atoms with van der Waals surface area (Å²) in [6, 6.07) is 0. The first kappa shape index (κ1) is 30.2. The zero-order chi connectivity index (χ0) is 25.8. The number of carbonyl (C=O) groups is 2. The molecule has 0 amide bonds. The van der Waals surface area contributed by atoms with Gasteiger partial charge in [-0.15, -0.1) is 0 Å². The Labute approximate surface area is 216 Å². The molecule has 4 nitrogen and oxygen atoms in total. The SMILES string of the molecule is CCCC(CC)CC1CCC(CC2CCC(CC(CC(=O)OCC)C(=O)OCC)C(C)C2)CC1C. The van der Waals surface area contributed by atoms with Gasteiger partial charge in [0.1, 0.15) is 0 Å². The van der Waals surface area contributed by atoms with Gasteiger partial charge in [0, 0.05) is 0 Å². The van der Waals surface area contributed by atoms with Gasteiger partial charge in [-0.05, 0) is 100 Å². The molecule has 35 heavy (non-hydrogen) atoms. The van der Waals surface area contributed by atoms with Crippen LogP contribution < -0.4 is 0 Å². The number of hydrogen-bond donors (Lipinski definition) is 0. The molecule has 4 heteroatoms. The van der Waals surface area contributed by atoms with E-state index in [2.05, 4.69) is 27.7 Å². The molecule has 0 N–H and O–H groups in total. The van der Waals surface area contributed by atoms with E-state index in [0.29, 0.717) is 25.0 Å². The van der Waals surface area contributed by atoms with E-state index in [1.807, 2.05) is 13.8 Å². The molecule has 0 aromatic rings. The van der Waals surface area contributed by atoms with E-state index >= 15 is 0 Å². The lowest BCUT2D eigenvalue weighted by Gasteiger charge is -2.40. The third-order valence-corrected chi connectivity index (χ3v) is 9.41. The summed E-state index contributed by atoms with van der Waals surface area (Å²) in [7, 11) is 0. The minimum absolute atomic E-state index is 0.150. The van der Waals surface area contributed by atoms with Crippen LogP contribution in [0.4, 0.5) is 0 Å². The van der Waals surface area contributed by atoms with Crippen molar-refractivity contribution in [1.29, 1.82) is 0 Å². The summed E-state index contributed by atoms with van der Waals surface area (Å²) >= 11 is 0. The number of rotatable bonds is 14. The van der Waals surface area contributed by atoms with Crippen molar-refractivity contribution in [1.82, 2.24) is 0 Å². The Balaban J connectivity index is 1.82. The van der Waals surface area contributed by atoms with Gasteiger partial charge in [-0.25, -0.2) is 0 Å². The smallest absolute Gasteiger partial charge is 0.309 e. The van der Waals surface area contributed by atoms with Crippen LogP contribution in [-0.2, 0) is 19.1 Å². The molecule has 0 radical (unpaired) electrons. The summed E-state index contributed by atoms with van der Waals surface area (Å²) in [5.41, 5.74) is 0. The highest BCUT2D eigenvalue weighted by Gasteiger charge is 2.35. The minimum atomic E-state index is -0.367. The van der Waals surface area contributed by atoms with Crippen LogP contribution in [0, 0.1) is 47.3 Å². The first-order chi connectivity index (χ1) is 16.8. The van der Waals surface area contributed by atoms with E-state index in [1.165, 1.54) is 70.6 Å². The number of carbonyl (C=O) groups excluding carboxylic acids is 2. The van der Waals surface area contributed by atoms with Crippen LogP contribution in [0.3, 0.4) is 0 Å². The average Bonchev–Trinajstić information content (AvgIpc) is 2.81. The van der Waals surface area contributed by atoms with Gasteiger partial charge >= 0.3 is 11.9 Å². The molecule has 8 unspecified atom stereocenters. The quantitative estimate of drug-likeness (QED) is 0.229. The molecule has 2 aliphatic rings. The molecule has 2 saturated carbocycles. The third kappa shape index (κ3) is 10.1. The van der Waals surface area contributed by atoms with Crippen molar-refractivity contribution < 1.29 is 19.1 Å². The minimum Gasteiger partial charge on any atom is -0.466 e. The van der Waals surface area contributed by atoms with Gasteiger partial charge in [-0.1, -0.05) is 59.8 Å². The summed E-state index contributed by atoms with van der Waals surface area (Å²) in [6.07, 6.45) is 15.8. The number of hydrogen-bond acceptors (Lipinski definition) is 4. The lowest BCUT2D eigenvalue weighted by atomic mass is 9.65. The standard InChI is InChI=1S/C31H56O4/c1-7-11-24(8-2)19-27-14-12-25(16-22(27)5)18-26-13-15-28(23(6)17-26)20-29(31(33)35-10-4)21-30(32)34-9-3/h22-29H,7-21H2,1-6H3. The fourth-order valence-corrected chi connectivity index (χ4v) is 7.38. The largest absolute Gasteiger partial charge is 0.466 e. The van der Waals surface area contributed by atoms with Gasteiger partial charge in [0.05, 0.1) is 25.6 Å². The molecule has 0 bridgehead atoms.